The fourth-order valence-electron chi connectivity index (χ4n) is 2.44. The van der Waals surface area contributed by atoms with Gasteiger partial charge in [0, 0.05) is 53.2 Å². The second kappa shape index (κ2) is 10.3. The van der Waals surface area contributed by atoms with E-state index in [0.717, 1.165) is 11.6 Å². The van der Waals surface area contributed by atoms with Crippen molar-refractivity contribution < 1.29 is 18.9 Å². The largest absolute Gasteiger partial charge is 0.354 e. The van der Waals surface area contributed by atoms with Gasteiger partial charge < -0.3 is 33.4 Å². The third-order valence-electron chi connectivity index (χ3n) is 3.91. The van der Waals surface area contributed by atoms with Crippen LogP contribution in [0.25, 0.3) is 0 Å². The summed E-state index contributed by atoms with van der Waals surface area (Å²) in [6.07, 6.45) is 6.75. The second-order valence-electron chi connectivity index (χ2n) is 5.40. The van der Waals surface area contributed by atoms with Gasteiger partial charge in [-0.1, -0.05) is 0 Å². The quantitative estimate of drug-likeness (QED) is 0.560. The summed E-state index contributed by atoms with van der Waals surface area (Å²) in [6.45, 7) is 2.39. The van der Waals surface area contributed by atoms with Crippen LogP contribution in [0.5, 0.6) is 0 Å². The van der Waals surface area contributed by atoms with Crippen molar-refractivity contribution in [1.82, 2.24) is 24.4 Å². The minimum atomic E-state index is -0.299. The van der Waals surface area contributed by atoms with Gasteiger partial charge in [0.05, 0.1) is 26.2 Å². The summed E-state index contributed by atoms with van der Waals surface area (Å²) in [6, 6.07) is 0. The molecule has 2 aromatic rings. The molecule has 0 fully saturated rings. The molecule has 25 heavy (non-hydrogen) atoms. The van der Waals surface area contributed by atoms with Gasteiger partial charge in [0.15, 0.2) is 12.6 Å². The molecule has 2 heterocycles. The van der Waals surface area contributed by atoms with E-state index in [1.54, 1.807) is 40.8 Å². The molecule has 0 spiro atoms. The maximum atomic E-state index is 5.24. The van der Waals surface area contributed by atoms with Crippen LogP contribution in [0.3, 0.4) is 0 Å². The Morgan fingerprint density at radius 1 is 0.800 bits per heavy atom. The first kappa shape index (κ1) is 19.5. The van der Waals surface area contributed by atoms with Gasteiger partial charge in [-0.25, -0.2) is 9.97 Å². The van der Waals surface area contributed by atoms with Crippen LogP contribution in [-0.2, 0) is 45.1 Å². The Morgan fingerprint density at radius 3 is 1.56 bits per heavy atom. The third-order valence-corrected chi connectivity index (χ3v) is 3.91. The molecule has 2 rings (SSSR count). The molecule has 0 radical (unpaired) electrons. The predicted octanol–water partition coefficient (Wildman–Crippen LogP) is 0.607. The summed E-state index contributed by atoms with van der Waals surface area (Å²) in [4.78, 5) is 8.75. The molecular formula is C16H27N5O4. The number of hydrogen-bond acceptors (Lipinski definition) is 7. The second-order valence-corrected chi connectivity index (χ2v) is 5.40. The Labute approximate surface area is 147 Å². The van der Waals surface area contributed by atoms with Gasteiger partial charge in [-0.3, -0.25) is 0 Å². The molecule has 1 N–H and O–H groups in total. The average molecular weight is 353 g/mol. The molecule has 0 atom stereocenters. The van der Waals surface area contributed by atoms with E-state index in [1.807, 2.05) is 21.5 Å². The minimum Gasteiger partial charge on any atom is -0.354 e. The lowest BCUT2D eigenvalue weighted by atomic mass is 10.4. The fraction of sp³-hybridized carbons (Fsp3) is 0.625. The molecule has 9 nitrogen and oxygen atoms in total. The molecule has 0 amide bonds. The first-order valence-electron chi connectivity index (χ1n) is 8.03. The first-order chi connectivity index (χ1) is 12.2. The molecule has 0 saturated carbocycles. The van der Waals surface area contributed by atoms with Crippen molar-refractivity contribution in [3.05, 3.63) is 36.4 Å². The molecule has 2 aromatic heterocycles. The summed E-state index contributed by atoms with van der Waals surface area (Å²) in [5, 5.41) is 3.36. The lowest BCUT2D eigenvalue weighted by Crippen LogP contribution is -2.25. The van der Waals surface area contributed by atoms with E-state index in [1.165, 1.54) is 0 Å². The van der Waals surface area contributed by atoms with Crippen LogP contribution in [0, 0.1) is 0 Å². The van der Waals surface area contributed by atoms with Gasteiger partial charge in [0.25, 0.3) is 0 Å². The fourth-order valence-corrected chi connectivity index (χ4v) is 2.44. The van der Waals surface area contributed by atoms with E-state index in [-0.39, 0.29) is 12.6 Å². The Bertz CT molecular complexity index is 555. The Balaban J connectivity index is 1.88. The first-order valence-corrected chi connectivity index (χ1v) is 8.03. The van der Waals surface area contributed by atoms with Crippen molar-refractivity contribution >= 4 is 0 Å². The number of aromatic nitrogens is 4. The number of ether oxygens (including phenoxy) is 4. The molecule has 0 saturated heterocycles. The molecule has 9 heteroatoms. The smallest absolute Gasteiger partial charge is 0.174 e. The topological polar surface area (TPSA) is 84.6 Å². The zero-order valence-electron chi connectivity index (χ0n) is 15.2. The average Bonchev–Trinajstić information content (AvgIpc) is 3.27. The number of nitrogens with zero attached hydrogens (tertiary/aromatic N) is 4. The molecule has 0 aliphatic carbocycles. The standard InChI is InChI=1S/C16H27N5O4/c1-22-15(23-2)11-20-7-5-18-13(20)9-17-10-14-19-6-8-21(14)12-16(24-3)25-4/h5-8,15-17H,9-12H2,1-4H3. The highest BCUT2D eigenvalue weighted by Crippen LogP contribution is 2.05. The monoisotopic (exact) mass is 353 g/mol. The maximum Gasteiger partial charge on any atom is 0.174 e. The van der Waals surface area contributed by atoms with Crippen LogP contribution in [0.15, 0.2) is 24.8 Å². The maximum absolute atomic E-state index is 5.24. The Morgan fingerprint density at radius 2 is 1.20 bits per heavy atom. The van der Waals surface area contributed by atoms with Gasteiger partial charge in [-0.15, -0.1) is 0 Å². The van der Waals surface area contributed by atoms with Crippen molar-refractivity contribution in [3.8, 4) is 0 Å². The van der Waals surface area contributed by atoms with E-state index in [4.69, 9.17) is 18.9 Å². The molecule has 0 aliphatic rings. The summed E-state index contributed by atoms with van der Waals surface area (Å²) in [7, 11) is 6.48. The summed E-state index contributed by atoms with van der Waals surface area (Å²) in [5.74, 6) is 1.81. The van der Waals surface area contributed by atoms with E-state index in [2.05, 4.69) is 15.3 Å². The van der Waals surface area contributed by atoms with Crippen LogP contribution in [0.1, 0.15) is 11.6 Å². The zero-order valence-corrected chi connectivity index (χ0v) is 15.2. The van der Waals surface area contributed by atoms with Crippen molar-refractivity contribution in [2.45, 2.75) is 38.8 Å². The van der Waals surface area contributed by atoms with Gasteiger partial charge >= 0.3 is 0 Å². The van der Waals surface area contributed by atoms with Crippen LogP contribution >= 0.6 is 0 Å². The van der Waals surface area contributed by atoms with Gasteiger partial charge in [0.1, 0.15) is 11.6 Å². The summed E-state index contributed by atoms with van der Waals surface area (Å²) in [5.41, 5.74) is 0. The van der Waals surface area contributed by atoms with Crippen molar-refractivity contribution in [1.29, 1.82) is 0 Å². The van der Waals surface area contributed by atoms with Gasteiger partial charge in [0.2, 0.25) is 0 Å². The van der Waals surface area contributed by atoms with Gasteiger partial charge in [-0.05, 0) is 0 Å². The van der Waals surface area contributed by atoms with Gasteiger partial charge in [-0.2, -0.15) is 0 Å². The molecule has 0 unspecified atom stereocenters. The van der Waals surface area contributed by atoms with E-state index < -0.39 is 0 Å². The normalized spacial score (nSPS) is 11.8. The van der Waals surface area contributed by atoms with E-state index in [0.29, 0.717) is 26.2 Å². The molecular weight excluding hydrogens is 326 g/mol. The molecule has 140 valence electrons. The number of imidazole rings is 2. The lowest BCUT2D eigenvalue weighted by Gasteiger charge is -2.17. The molecule has 0 aliphatic heterocycles. The predicted molar refractivity (Wildman–Crippen MR) is 90.6 cm³/mol. The highest BCUT2D eigenvalue weighted by molar-refractivity contribution is 4.95. The lowest BCUT2D eigenvalue weighted by molar-refractivity contribution is -0.111. The van der Waals surface area contributed by atoms with Crippen LogP contribution in [-0.4, -0.2) is 60.1 Å². The van der Waals surface area contributed by atoms with Crippen LogP contribution in [0.2, 0.25) is 0 Å². The van der Waals surface area contributed by atoms with Crippen molar-refractivity contribution in [2.24, 2.45) is 0 Å². The highest BCUT2D eigenvalue weighted by atomic mass is 16.7. The third kappa shape index (κ3) is 5.62. The Kier molecular flexibility index (Phi) is 8.02. The molecule has 0 bridgehead atoms. The van der Waals surface area contributed by atoms with Crippen molar-refractivity contribution in [2.75, 3.05) is 28.4 Å². The SMILES string of the molecule is COC(Cn1ccnc1CNCc1nccn1CC(OC)OC)OC. The number of methoxy groups -OCH3 is 4. The number of hydrogen-bond donors (Lipinski definition) is 1. The molecule has 0 aromatic carbocycles. The summed E-state index contributed by atoms with van der Waals surface area (Å²) >= 11 is 0. The Hall–Kier alpha value is -1.78. The van der Waals surface area contributed by atoms with Crippen LogP contribution in [0.4, 0.5) is 0 Å². The minimum absolute atomic E-state index is 0.299. The summed E-state index contributed by atoms with van der Waals surface area (Å²) < 4.78 is 25.0. The zero-order chi connectivity index (χ0) is 18.1. The number of nitrogens with one attached hydrogen (secondary N) is 1. The van der Waals surface area contributed by atoms with E-state index in [9.17, 15) is 0 Å². The van der Waals surface area contributed by atoms with E-state index >= 15 is 0 Å². The highest BCUT2D eigenvalue weighted by Gasteiger charge is 2.12. The van der Waals surface area contributed by atoms with Crippen molar-refractivity contribution in [3.63, 3.8) is 0 Å². The number of rotatable bonds is 12. The van der Waals surface area contributed by atoms with Crippen LogP contribution < -0.4 is 5.32 Å².